The molecule has 1 unspecified atom stereocenters. The van der Waals surface area contributed by atoms with Crippen molar-refractivity contribution in [1.29, 1.82) is 0 Å². The van der Waals surface area contributed by atoms with Crippen LogP contribution in [0.2, 0.25) is 0 Å². The molecule has 1 saturated heterocycles. The zero-order chi connectivity index (χ0) is 19.7. The van der Waals surface area contributed by atoms with Gasteiger partial charge in [-0.2, -0.15) is 0 Å². The second-order valence-corrected chi connectivity index (χ2v) is 6.66. The van der Waals surface area contributed by atoms with Gasteiger partial charge in [-0.15, -0.1) is 0 Å². The standard InChI is InChI=1S/C19H17N3O6/c23-18-8-13(19(24)20-14-2-4-15(5-3-14)22(25)26)10-21(18)9-12-1-6-16-17(7-12)28-11-27-16/h1-7,13H,8-11H2,(H,20,24). The van der Waals surface area contributed by atoms with Gasteiger partial charge in [-0.25, -0.2) is 0 Å². The van der Waals surface area contributed by atoms with Crippen molar-refractivity contribution in [3.63, 3.8) is 0 Å². The minimum Gasteiger partial charge on any atom is -0.454 e. The molecular weight excluding hydrogens is 366 g/mol. The number of amides is 2. The average Bonchev–Trinajstić information content (AvgIpc) is 3.28. The van der Waals surface area contributed by atoms with Crippen molar-refractivity contribution in [1.82, 2.24) is 4.90 Å². The average molecular weight is 383 g/mol. The Labute approximate surface area is 160 Å². The van der Waals surface area contributed by atoms with E-state index in [9.17, 15) is 19.7 Å². The van der Waals surface area contributed by atoms with Gasteiger partial charge < -0.3 is 19.7 Å². The normalized spacial score (nSPS) is 17.6. The summed E-state index contributed by atoms with van der Waals surface area (Å²) in [6, 6.07) is 11.1. The fourth-order valence-electron chi connectivity index (χ4n) is 3.27. The summed E-state index contributed by atoms with van der Waals surface area (Å²) in [5.41, 5.74) is 1.30. The first kappa shape index (κ1) is 17.8. The Balaban J connectivity index is 1.37. The van der Waals surface area contributed by atoms with Gasteiger partial charge in [0.05, 0.1) is 10.8 Å². The quantitative estimate of drug-likeness (QED) is 0.626. The van der Waals surface area contributed by atoms with Crippen LogP contribution in [-0.4, -0.2) is 35.0 Å². The Morgan fingerprint density at radius 1 is 1.18 bits per heavy atom. The molecule has 2 aromatic rings. The Kier molecular flexibility index (Phi) is 4.56. The van der Waals surface area contributed by atoms with Crippen LogP contribution >= 0.6 is 0 Å². The molecule has 0 bridgehead atoms. The van der Waals surface area contributed by atoms with Gasteiger partial charge in [-0.05, 0) is 29.8 Å². The van der Waals surface area contributed by atoms with E-state index in [0.717, 1.165) is 5.56 Å². The molecule has 28 heavy (non-hydrogen) atoms. The number of ether oxygens (including phenoxy) is 2. The predicted octanol–water partition coefficient (Wildman–Crippen LogP) is 2.31. The van der Waals surface area contributed by atoms with Crippen LogP contribution in [0.25, 0.3) is 0 Å². The third-order valence-electron chi connectivity index (χ3n) is 4.74. The number of benzene rings is 2. The monoisotopic (exact) mass is 383 g/mol. The van der Waals surface area contributed by atoms with E-state index in [1.54, 1.807) is 11.0 Å². The van der Waals surface area contributed by atoms with Crippen molar-refractivity contribution in [2.24, 2.45) is 5.92 Å². The number of hydrogen-bond acceptors (Lipinski definition) is 6. The largest absolute Gasteiger partial charge is 0.454 e. The number of nitro benzene ring substituents is 1. The van der Waals surface area contributed by atoms with Crippen molar-refractivity contribution >= 4 is 23.2 Å². The van der Waals surface area contributed by atoms with Crippen molar-refractivity contribution in [3.05, 3.63) is 58.1 Å². The first-order chi connectivity index (χ1) is 13.5. The van der Waals surface area contributed by atoms with Gasteiger partial charge >= 0.3 is 0 Å². The topological polar surface area (TPSA) is 111 Å². The van der Waals surface area contributed by atoms with Gasteiger partial charge in [-0.1, -0.05) is 6.07 Å². The van der Waals surface area contributed by atoms with E-state index in [1.807, 2.05) is 12.1 Å². The second-order valence-electron chi connectivity index (χ2n) is 6.66. The molecule has 0 aliphatic carbocycles. The molecule has 2 aliphatic heterocycles. The molecule has 2 aliphatic rings. The number of nitro groups is 1. The number of likely N-dealkylation sites (tertiary alicyclic amines) is 1. The maximum absolute atomic E-state index is 12.5. The summed E-state index contributed by atoms with van der Waals surface area (Å²) in [5.74, 6) is 0.474. The third kappa shape index (κ3) is 3.59. The lowest BCUT2D eigenvalue weighted by molar-refractivity contribution is -0.384. The molecule has 2 aromatic carbocycles. The van der Waals surface area contributed by atoms with Crippen LogP contribution in [0.15, 0.2) is 42.5 Å². The highest BCUT2D eigenvalue weighted by Gasteiger charge is 2.34. The van der Waals surface area contributed by atoms with Crippen molar-refractivity contribution in [3.8, 4) is 11.5 Å². The summed E-state index contributed by atoms with van der Waals surface area (Å²) >= 11 is 0. The van der Waals surface area contributed by atoms with Crippen LogP contribution in [0.3, 0.4) is 0 Å². The third-order valence-corrected chi connectivity index (χ3v) is 4.74. The summed E-state index contributed by atoms with van der Waals surface area (Å²) in [6.45, 7) is 0.884. The highest BCUT2D eigenvalue weighted by molar-refractivity contribution is 5.97. The zero-order valence-electron chi connectivity index (χ0n) is 14.8. The lowest BCUT2D eigenvalue weighted by Crippen LogP contribution is -2.28. The number of non-ortho nitro benzene ring substituents is 1. The molecule has 2 heterocycles. The molecule has 0 aromatic heterocycles. The summed E-state index contributed by atoms with van der Waals surface area (Å²) in [7, 11) is 0. The highest BCUT2D eigenvalue weighted by atomic mass is 16.7. The Morgan fingerprint density at radius 2 is 1.93 bits per heavy atom. The van der Waals surface area contributed by atoms with Crippen LogP contribution < -0.4 is 14.8 Å². The van der Waals surface area contributed by atoms with Gasteiger partial charge in [0.1, 0.15) is 0 Å². The maximum atomic E-state index is 12.5. The number of hydrogen-bond donors (Lipinski definition) is 1. The number of carbonyl (C=O) groups excluding carboxylic acids is 2. The Morgan fingerprint density at radius 3 is 2.68 bits per heavy atom. The smallest absolute Gasteiger partial charge is 0.269 e. The highest BCUT2D eigenvalue weighted by Crippen LogP contribution is 2.33. The number of nitrogens with zero attached hydrogens (tertiary/aromatic N) is 2. The minimum atomic E-state index is -0.505. The van der Waals surface area contributed by atoms with Crippen molar-refractivity contribution in [2.75, 3.05) is 18.7 Å². The molecule has 2 amide bonds. The van der Waals surface area contributed by atoms with E-state index >= 15 is 0 Å². The van der Waals surface area contributed by atoms with Gasteiger partial charge in [0.25, 0.3) is 5.69 Å². The first-order valence-electron chi connectivity index (χ1n) is 8.71. The molecular formula is C19H17N3O6. The molecule has 1 atom stereocenters. The summed E-state index contributed by atoms with van der Waals surface area (Å²) in [4.78, 5) is 36.6. The van der Waals surface area contributed by atoms with E-state index in [4.69, 9.17) is 9.47 Å². The maximum Gasteiger partial charge on any atom is 0.269 e. The van der Waals surface area contributed by atoms with Gasteiger partial charge in [-0.3, -0.25) is 19.7 Å². The Hall–Kier alpha value is -3.62. The Bertz CT molecular complexity index is 943. The summed E-state index contributed by atoms with van der Waals surface area (Å²) < 4.78 is 10.6. The first-order valence-corrected chi connectivity index (χ1v) is 8.71. The minimum absolute atomic E-state index is 0.0519. The number of carbonyl (C=O) groups is 2. The second kappa shape index (κ2) is 7.18. The van der Waals surface area contributed by atoms with E-state index < -0.39 is 10.8 Å². The molecule has 9 heteroatoms. The van der Waals surface area contributed by atoms with Crippen molar-refractivity contribution < 1.29 is 24.0 Å². The number of fused-ring (bicyclic) bond motifs is 1. The predicted molar refractivity (Wildman–Crippen MR) is 97.8 cm³/mol. The van der Waals surface area contributed by atoms with E-state index in [0.29, 0.717) is 30.3 Å². The van der Waals surface area contributed by atoms with Gasteiger partial charge in [0.15, 0.2) is 11.5 Å². The summed E-state index contributed by atoms with van der Waals surface area (Å²) in [6.07, 6.45) is 0.128. The van der Waals surface area contributed by atoms with Crippen molar-refractivity contribution in [2.45, 2.75) is 13.0 Å². The zero-order valence-corrected chi connectivity index (χ0v) is 14.8. The van der Waals surface area contributed by atoms with Crippen LogP contribution in [0.5, 0.6) is 11.5 Å². The van der Waals surface area contributed by atoms with Crippen LogP contribution in [0.1, 0.15) is 12.0 Å². The molecule has 0 radical (unpaired) electrons. The SMILES string of the molecule is O=C(Nc1ccc([N+](=O)[O-])cc1)C1CC(=O)N(Cc2ccc3c(c2)OCO3)C1. The lowest BCUT2D eigenvalue weighted by Gasteiger charge is -2.17. The van der Waals surface area contributed by atoms with Gasteiger partial charge in [0, 0.05) is 37.3 Å². The number of anilines is 1. The van der Waals surface area contributed by atoms with Crippen LogP contribution in [-0.2, 0) is 16.1 Å². The summed E-state index contributed by atoms with van der Waals surface area (Å²) in [5, 5.41) is 13.4. The molecule has 0 spiro atoms. The van der Waals surface area contributed by atoms with E-state index in [2.05, 4.69) is 5.32 Å². The van der Waals surface area contributed by atoms with E-state index in [1.165, 1.54) is 24.3 Å². The number of nitrogens with one attached hydrogen (secondary N) is 1. The van der Waals surface area contributed by atoms with E-state index in [-0.39, 0.29) is 30.7 Å². The van der Waals surface area contributed by atoms with Gasteiger partial charge in [0.2, 0.25) is 18.6 Å². The molecule has 1 N–H and O–H groups in total. The molecule has 1 fully saturated rings. The fourth-order valence-corrected chi connectivity index (χ4v) is 3.27. The molecule has 9 nitrogen and oxygen atoms in total. The lowest BCUT2D eigenvalue weighted by atomic mass is 10.1. The van der Waals surface area contributed by atoms with Crippen LogP contribution in [0.4, 0.5) is 11.4 Å². The molecule has 4 rings (SSSR count). The number of rotatable bonds is 5. The van der Waals surface area contributed by atoms with Crippen LogP contribution in [0, 0.1) is 16.0 Å². The fraction of sp³-hybridized carbons (Fsp3) is 0.263. The molecule has 0 saturated carbocycles. The molecule has 144 valence electrons.